The zero-order chi connectivity index (χ0) is 11.1. The minimum absolute atomic E-state index is 0. The van der Waals surface area contributed by atoms with Crippen LogP contribution in [0.5, 0.6) is 0 Å². The summed E-state index contributed by atoms with van der Waals surface area (Å²) in [5.74, 6) is 0. The Balaban J connectivity index is 0. The summed E-state index contributed by atoms with van der Waals surface area (Å²) in [5.41, 5.74) is 0. The van der Waals surface area contributed by atoms with Gasteiger partial charge in [0.25, 0.3) is 0 Å². The van der Waals surface area contributed by atoms with Gasteiger partial charge >= 0.3 is 0 Å². The molecule has 0 spiro atoms. The molecule has 2 heteroatoms. The normalized spacial score (nSPS) is 14.1. The number of hydrogen-bond acceptors (Lipinski definition) is 0. The van der Waals surface area contributed by atoms with E-state index in [1.165, 1.54) is 0 Å². The van der Waals surface area contributed by atoms with Gasteiger partial charge in [-0.1, -0.05) is 70.2 Å². The Hall–Kier alpha value is 0.949. The predicted octanol–water partition coefficient (Wildman–Crippen LogP) is 4.48. The maximum Gasteiger partial charge on any atom is 0 e. The van der Waals surface area contributed by atoms with Gasteiger partial charge in [-0.3, -0.25) is 0 Å². The molecule has 86 valence electrons. The van der Waals surface area contributed by atoms with Gasteiger partial charge in [0.1, 0.15) is 0 Å². The van der Waals surface area contributed by atoms with Gasteiger partial charge in [0, 0.05) is 17.1 Å². The average Bonchev–Trinajstić information content (AvgIpc) is 1.44. The van der Waals surface area contributed by atoms with Crippen LogP contribution in [0.15, 0.2) is 0 Å². The fourth-order valence-electron chi connectivity index (χ4n) is 3.02. The van der Waals surface area contributed by atoms with E-state index in [-0.39, 0.29) is 25.0 Å². The van der Waals surface area contributed by atoms with E-state index in [2.05, 4.69) is 62.3 Å². The molecule has 0 fully saturated rings. The van der Waals surface area contributed by atoms with E-state index < -0.39 is 0 Å². The largest absolute Gasteiger partial charge is 0.0901 e. The molecule has 0 aromatic heterocycles. The molecule has 0 aliphatic carbocycles. The van der Waals surface area contributed by atoms with E-state index in [9.17, 15) is 0 Å². The molecule has 14 heavy (non-hydrogen) atoms. The molecule has 0 saturated carbocycles. The van der Waals surface area contributed by atoms with Crippen molar-refractivity contribution in [3.8, 4) is 0 Å². The van der Waals surface area contributed by atoms with Crippen LogP contribution < -0.4 is 0 Å². The third-order valence-electron chi connectivity index (χ3n) is 2.01. The van der Waals surface area contributed by atoms with Gasteiger partial charge in [-0.25, -0.2) is 0 Å². The molecule has 0 bridgehead atoms. The monoisotopic (exact) mass is 282 g/mol. The second-order valence-corrected chi connectivity index (χ2v) is 11.5. The molecular weight excluding hydrogens is 254 g/mol. The molecule has 0 aromatic carbocycles. The summed E-state index contributed by atoms with van der Waals surface area (Å²) >= 11 is 0. The maximum atomic E-state index is 2.38. The minimum Gasteiger partial charge on any atom is -0.0901 e. The first-order chi connectivity index (χ1) is 5.37. The van der Waals surface area contributed by atoms with Gasteiger partial charge in [-0.05, 0) is 15.5 Å². The summed E-state index contributed by atoms with van der Waals surface area (Å²) in [6.07, 6.45) is 0. The molecule has 0 aliphatic rings. The fourth-order valence-corrected chi connectivity index (χ4v) is 9.06. The Labute approximate surface area is 103 Å². The van der Waals surface area contributed by atoms with Crippen LogP contribution in [0, 0.1) is 0 Å². The molecular formula is C12H27PSe. The van der Waals surface area contributed by atoms with Gasteiger partial charge in [-0.2, -0.15) is 0 Å². The second kappa shape index (κ2) is 4.86. The Kier molecular flexibility index (Phi) is 6.02. The van der Waals surface area contributed by atoms with Gasteiger partial charge < -0.3 is 0 Å². The molecule has 0 unspecified atom stereocenters. The van der Waals surface area contributed by atoms with Crippen molar-refractivity contribution in [3.05, 3.63) is 0 Å². The van der Waals surface area contributed by atoms with Gasteiger partial charge in [-0.15, -0.1) is 0 Å². The first-order valence-corrected chi connectivity index (χ1v) is 6.51. The van der Waals surface area contributed by atoms with Crippen molar-refractivity contribution in [1.29, 1.82) is 0 Å². The average molecular weight is 281 g/mol. The SMILES string of the molecule is CC(C)(C)P(C(C)(C)C)C(C)(C)C.[Se]. The molecule has 0 saturated heterocycles. The van der Waals surface area contributed by atoms with Crippen LogP contribution in [0.25, 0.3) is 0 Å². The first-order valence-electron chi connectivity index (χ1n) is 5.17. The van der Waals surface area contributed by atoms with Crippen molar-refractivity contribution < 1.29 is 0 Å². The zero-order valence-corrected chi connectivity index (χ0v) is 14.0. The second-order valence-electron chi connectivity index (χ2n) is 6.85. The van der Waals surface area contributed by atoms with Crippen molar-refractivity contribution in [2.24, 2.45) is 0 Å². The Bertz CT molecular complexity index is 133. The number of rotatable bonds is 0. The van der Waals surface area contributed by atoms with Gasteiger partial charge in [0.2, 0.25) is 0 Å². The van der Waals surface area contributed by atoms with Crippen molar-refractivity contribution in [2.75, 3.05) is 0 Å². The van der Waals surface area contributed by atoms with Gasteiger partial charge in [0.05, 0.1) is 0 Å². The fraction of sp³-hybridized carbons (Fsp3) is 1.00. The van der Waals surface area contributed by atoms with E-state index in [1.54, 1.807) is 0 Å². The summed E-state index contributed by atoms with van der Waals surface area (Å²) in [7, 11) is 0.0162. The quantitative estimate of drug-likeness (QED) is 0.453. The standard InChI is InChI=1S/C12H27P.Se/c1-10(2,3)13(11(4,5)6)12(7,8)9;/h1-9H3;. The van der Waals surface area contributed by atoms with Crippen LogP contribution in [0.2, 0.25) is 0 Å². The summed E-state index contributed by atoms with van der Waals surface area (Å²) in [6, 6.07) is 0. The maximum absolute atomic E-state index is 2.38. The van der Waals surface area contributed by atoms with E-state index in [0.717, 1.165) is 0 Å². The Morgan fingerprint density at radius 3 is 0.643 bits per heavy atom. The summed E-state index contributed by atoms with van der Waals surface area (Å²) in [6.45, 7) is 21.5. The predicted molar refractivity (Wildman–Crippen MR) is 71.9 cm³/mol. The molecule has 0 amide bonds. The number of hydrogen-bond donors (Lipinski definition) is 0. The minimum atomic E-state index is 0. The zero-order valence-electron chi connectivity index (χ0n) is 11.4. The molecule has 0 atom stereocenters. The molecule has 0 N–H and O–H groups in total. The molecule has 0 aliphatic heterocycles. The first kappa shape index (κ1) is 17.3. The van der Waals surface area contributed by atoms with E-state index in [0.29, 0.717) is 15.5 Å². The molecule has 0 aromatic rings. The Morgan fingerprint density at radius 2 is 0.643 bits per heavy atom. The molecule has 0 nitrogen and oxygen atoms in total. The smallest absolute Gasteiger partial charge is 0 e. The van der Waals surface area contributed by atoms with Crippen molar-refractivity contribution >= 4 is 25.0 Å². The van der Waals surface area contributed by atoms with Crippen LogP contribution in [-0.4, -0.2) is 32.5 Å². The Morgan fingerprint density at radius 1 is 0.500 bits per heavy atom. The van der Waals surface area contributed by atoms with Crippen molar-refractivity contribution in [2.45, 2.75) is 77.8 Å². The van der Waals surface area contributed by atoms with Crippen LogP contribution in [0.3, 0.4) is 0 Å². The summed E-state index contributed by atoms with van der Waals surface area (Å²) in [5, 5.41) is 1.35. The van der Waals surface area contributed by atoms with Crippen molar-refractivity contribution in [1.82, 2.24) is 0 Å². The summed E-state index contributed by atoms with van der Waals surface area (Å²) in [4.78, 5) is 0. The third-order valence-corrected chi connectivity index (χ3v) is 6.04. The van der Waals surface area contributed by atoms with Crippen LogP contribution in [-0.2, 0) is 0 Å². The molecule has 0 heterocycles. The topological polar surface area (TPSA) is 0 Å². The third kappa shape index (κ3) is 5.15. The summed E-state index contributed by atoms with van der Waals surface area (Å²) < 4.78 is 0. The van der Waals surface area contributed by atoms with E-state index in [1.807, 2.05) is 0 Å². The van der Waals surface area contributed by atoms with E-state index in [4.69, 9.17) is 0 Å². The van der Waals surface area contributed by atoms with Crippen LogP contribution in [0.1, 0.15) is 62.3 Å². The van der Waals surface area contributed by atoms with Crippen LogP contribution in [0.4, 0.5) is 0 Å². The van der Waals surface area contributed by atoms with E-state index >= 15 is 0 Å². The van der Waals surface area contributed by atoms with Crippen LogP contribution >= 0.6 is 7.92 Å². The van der Waals surface area contributed by atoms with Gasteiger partial charge in [0.15, 0.2) is 0 Å². The molecule has 0 rings (SSSR count). The molecule has 2 radical (unpaired) electrons. The van der Waals surface area contributed by atoms with Crippen molar-refractivity contribution in [3.63, 3.8) is 0 Å².